The predicted octanol–water partition coefficient (Wildman–Crippen LogP) is -0.812. The zero-order chi connectivity index (χ0) is 13.0. The first-order chi connectivity index (χ1) is 7.90. The SMILES string of the molecule is CC(C)N(CC(N)=O)C(=O)Cn1ccc(N)n1. The molecule has 0 saturated heterocycles. The first-order valence-corrected chi connectivity index (χ1v) is 5.27. The van der Waals surface area contributed by atoms with Gasteiger partial charge in [0.15, 0.2) is 0 Å². The summed E-state index contributed by atoms with van der Waals surface area (Å²) in [5.74, 6) is -0.405. The number of carbonyl (C=O) groups is 2. The fourth-order valence-corrected chi connectivity index (χ4v) is 1.42. The summed E-state index contributed by atoms with van der Waals surface area (Å²) in [4.78, 5) is 24.2. The van der Waals surface area contributed by atoms with Crippen molar-refractivity contribution in [3.63, 3.8) is 0 Å². The van der Waals surface area contributed by atoms with Crippen LogP contribution in [-0.4, -0.2) is 39.1 Å². The molecule has 1 aromatic heterocycles. The van der Waals surface area contributed by atoms with Gasteiger partial charge in [-0.1, -0.05) is 0 Å². The van der Waals surface area contributed by atoms with Crippen molar-refractivity contribution in [2.75, 3.05) is 12.3 Å². The molecule has 0 saturated carbocycles. The van der Waals surface area contributed by atoms with Gasteiger partial charge in [-0.2, -0.15) is 5.10 Å². The molecule has 17 heavy (non-hydrogen) atoms. The Balaban J connectivity index is 2.68. The van der Waals surface area contributed by atoms with Crippen molar-refractivity contribution in [3.8, 4) is 0 Å². The van der Waals surface area contributed by atoms with Gasteiger partial charge in [0.25, 0.3) is 0 Å². The minimum Gasteiger partial charge on any atom is -0.382 e. The van der Waals surface area contributed by atoms with Crippen molar-refractivity contribution in [1.82, 2.24) is 14.7 Å². The van der Waals surface area contributed by atoms with E-state index < -0.39 is 5.91 Å². The number of nitrogen functional groups attached to an aromatic ring is 1. The van der Waals surface area contributed by atoms with Crippen molar-refractivity contribution in [1.29, 1.82) is 0 Å². The number of nitrogens with two attached hydrogens (primary N) is 2. The largest absolute Gasteiger partial charge is 0.382 e. The summed E-state index contributed by atoms with van der Waals surface area (Å²) in [5, 5.41) is 3.90. The second-order valence-corrected chi connectivity index (χ2v) is 4.02. The molecule has 1 heterocycles. The number of amides is 2. The molecule has 7 nitrogen and oxygen atoms in total. The van der Waals surface area contributed by atoms with Crippen LogP contribution in [0.3, 0.4) is 0 Å². The van der Waals surface area contributed by atoms with E-state index >= 15 is 0 Å². The summed E-state index contributed by atoms with van der Waals surface area (Å²) in [7, 11) is 0. The van der Waals surface area contributed by atoms with Crippen LogP contribution in [0.5, 0.6) is 0 Å². The lowest BCUT2D eigenvalue weighted by Crippen LogP contribution is -2.44. The molecule has 0 aliphatic carbocycles. The molecule has 4 N–H and O–H groups in total. The molecule has 1 aromatic rings. The fraction of sp³-hybridized carbons (Fsp3) is 0.500. The van der Waals surface area contributed by atoms with E-state index in [1.165, 1.54) is 9.58 Å². The van der Waals surface area contributed by atoms with Crippen LogP contribution >= 0.6 is 0 Å². The van der Waals surface area contributed by atoms with Crippen LogP contribution in [0.25, 0.3) is 0 Å². The maximum Gasteiger partial charge on any atom is 0.244 e. The van der Waals surface area contributed by atoms with E-state index in [4.69, 9.17) is 11.5 Å². The Labute approximate surface area is 99.4 Å². The monoisotopic (exact) mass is 239 g/mol. The van der Waals surface area contributed by atoms with Crippen molar-refractivity contribution in [2.45, 2.75) is 26.4 Å². The van der Waals surface area contributed by atoms with E-state index in [1.54, 1.807) is 12.3 Å². The Morgan fingerprint density at radius 3 is 2.59 bits per heavy atom. The quantitative estimate of drug-likeness (QED) is 0.700. The third-order valence-electron chi connectivity index (χ3n) is 2.23. The Bertz CT molecular complexity index is 413. The summed E-state index contributed by atoms with van der Waals surface area (Å²) in [5.41, 5.74) is 10.5. The Hall–Kier alpha value is -2.05. The molecule has 0 unspecified atom stereocenters. The topological polar surface area (TPSA) is 107 Å². The summed E-state index contributed by atoms with van der Waals surface area (Å²) >= 11 is 0. The molecule has 0 aliphatic rings. The van der Waals surface area contributed by atoms with E-state index in [9.17, 15) is 9.59 Å². The highest BCUT2D eigenvalue weighted by Gasteiger charge is 2.19. The molecule has 1 rings (SSSR count). The minimum atomic E-state index is -0.535. The molecule has 94 valence electrons. The number of hydrogen-bond donors (Lipinski definition) is 2. The van der Waals surface area contributed by atoms with Crippen LogP contribution in [0.2, 0.25) is 0 Å². The van der Waals surface area contributed by atoms with Crippen molar-refractivity contribution in [3.05, 3.63) is 12.3 Å². The molecule has 0 radical (unpaired) electrons. The van der Waals surface area contributed by atoms with Gasteiger partial charge in [0.1, 0.15) is 12.4 Å². The van der Waals surface area contributed by atoms with Gasteiger partial charge in [0.2, 0.25) is 11.8 Å². The van der Waals surface area contributed by atoms with Gasteiger partial charge >= 0.3 is 0 Å². The van der Waals surface area contributed by atoms with E-state index in [0.29, 0.717) is 5.82 Å². The van der Waals surface area contributed by atoms with Gasteiger partial charge in [-0.3, -0.25) is 14.3 Å². The molecule has 0 atom stereocenters. The van der Waals surface area contributed by atoms with Crippen LogP contribution < -0.4 is 11.5 Å². The predicted molar refractivity (Wildman–Crippen MR) is 62.7 cm³/mol. The highest BCUT2D eigenvalue weighted by molar-refractivity contribution is 5.83. The molecule has 0 bridgehead atoms. The highest BCUT2D eigenvalue weighted by atomic mass is 16.2. The number of aromatic nitrogens is 2. The van der Waals surface area contributed by atoms with E-state index in [1.807, 2.05) is 13.8 Å². The molecule has 0 aliphatic heterocycles. The zero-order valence-electron chi connectivity index (χ0n) is 9.96. The lowest BCUT2D eigenvalue weighted by atomic mass is 10.3. The molecule has 0 fully saturated rings. The fourth-order valence-electron chi connectivity index (χ4n) is 1.42. The molecule has 0 aromatic carbocycles. The molecule has 7 heteroatoms. The van der Waals surface area contributed by atoms with Crippen molar-refractivity contribution in [2.24, 2.45) is 5.73 Å². The Morgan fingerprint density at radius 1 is 1.53 bits per heavy atom. The average molecular weight is 239 g/mol. The molecule has 0 spiro atoms. The Morgan fingerprint density at radius 2 is 2.18 bits per heavy atom. The van der Waals surface area contributed by atoms with Gasteiger partial charge in [0, 0.05) is 12.2 Å². The van der Waals surface area contributed by atoms with E-state index in [2.05, 4.69) is 5.10 Å². The second kappa shape index (κ2) is 5.33. The molecular weight excluding hydrogens is 222 g/mol. The number of primary amides is 1. The van der Waals surface area contributed by atoms with Crippen LogP contribution in [0.4, 0.5) is 5.82 Å². The lowest BCUT2D eigenvalue weighted by Gasteiger charge is -2.25. The maximum absolute atomic E-state index is 11.9. The van der Waals surface area contributed by atoms with E-state index in [0.717, 1.165) is 0 Å². The van der Waals surface area contributed by atoms with Gasteiger partial charge in [-0.05, 0) is 19.9 Å². The minimum absolute atomic E-state index is 0.0443. The summed E-state index contributed by atoms with van der Waals surface area (Å²) in [6.07, 6.45) is 1.61. The van der Waals surface area contributed by atoms with Crippen molar-refractivity contribution < 1.29 is 9.59 Å². The number of carbonyl (C=O) groups excluding carboxylic acids is 2. The number of nitrogens with zero attached hydrogens (tertiary/aromatic N) is 3. The smallest absolute Gasteiger partial charge is 0.244 e. The molecule has 2 amide bonds. The maximum atomic E-state index is 11.9. The highest BCUT2D eigenvalue weighted by Crippen LogP contribution is 2.02. The van der Waals surface area contributed by atoms with Gasteiger partial charge < -0.3 is 16.4 Å². The standard InChI is InChI=1S/C10H17N5O2/c1-7(2)15(5-9(12)16)10(17)6-14-4-3-8(11)13-14/h3-4,7H,5-6H2,1-2H3,(H2,11,13)(H2,12,16). The zero-order valence-corrected chi connectivity index (χ0v) is 9.96. The van der Waals surface area contributed by atoms with E-state index in [-0.39, 0.29) is 25.0 Å². The first-order valence-electron chi connectivity index (χ1n) is 5.27. The number of anilines is 1. The van der Waals surface area contributed by atoms with Crippen LogP contribution in [0.15, 0.2) is 12.3 Å². The number of hydrogen-bond acceptors (Lipinski definition) is 4. The summed E-state index contributed by atoms with van der Waals surface area (Å²) in [6.45, 7) is 3.59. The average Bonchev–Trinajstić information content (AvgIpc) is 2.59. The normalized spacial score (nSPS) is 10.5. The van der Waals surface area contributed by atoms with Crippen molar-refractivity contribution >= 4 is 17.6 Å². The van der Waals surface area contributed by atoms with Gasteiger partial charge in [-0.25, -0.2) is 0 Å². The second-order valence-electron chi connectivity index (χ2n) is 4.02. The van der Waals surface area contributed by atoms with Gasteiger partial charge in [0.05, 0.1) is 6.54 Å². The lowest BCUT2D eigenvalue weighted by molar-refractivity contribution is -0.137. The number of rotatable bonds is 5. The van der Waals surface area contributed by atoms with Gasteiger partial charge in [-0.15, -0.1) is 0 Å². The summed E-state index contributed by atoms with van der Waals surface area (Å²) in [6, 6.07) is 1.50. The third kappa shape index (κ3) is 3.78. The van der Waals surface area contributed by atoms with Crippen LogP contribution in [0, 0.1) is 0 Å². The van der Waals surface area contributed by atoms with Crippen LogP contribution in [-0.2, 0) is 16.1 Å². The van der Waals surface area contributed by atoms with Crippen LogP contribution in [0.1, 0.15) is 13.8 Å². The summed E-state index contributed by atoms with van der Waals surface area (Å²) < 4.78 is 1.42. The Kier molecular flexibility index (Phi) is 4.08. The molecular formula is C10H17N5O2. The third-order valence-corrected chi connectivity index (χ3v) is 2.23. The first kappa shape index (κ1) is 13.0.